The molecule has 2 aromatic rings. The van der Waals surface area contributed by atoms with E-state index in [1.165, 1.54) is 0 Å². The van der Waals surface area contributed by atoms with Gasteiger partial charge < -0.3 is 11.5 Å². The molecule has 0 fully saturated rings. The molecule has 0 atom stereocenters. The SMILES string of the molecule is Nc1cc2cccc(N)c2c(F)n1. The van der Waals surface area contributed by atoms with E-state index < -0.39 is 5.95 Å². The Bertz CT molecular complexity index is 468. The molecule has 0 aliphatic rings. The molecule has 0 unspecified atom stereocenters. The van der Waals surface area contributed by atoms with E-state index in [9.17, 15) is 4.39 Å². The average molecular weight is 177 g/mol. The number of aromatic nitrogens is 1. The van der Waals surface area contributed by atoms with Crippen LogP contribution in [0.4, 0.5) is 15.9 Å². The highest BCUT2D eigenvalue weighted by Gasteiger charge is 2.05. The number of pyridine rings is 1. The van der Waals surface area contributed by atoms with Crippen molar-refractivity contribution in [3.63, 3.8) is 0 Å². The third-order valence-electron chi connectivity index (χ3n) is 1.87. The van der Waals surface area contributed by atoms with E-state index in [0.29, 0.717) is 16.5 Å². The van der Waals surface area contributed by atoms with Crippen LogP contribution in [0.3, 0.4) is 0 Å². The number of hydrogen-bond donors (Lipinski definition) is 2. The second-order valence-corrected chi connectivity index (χ2v) is 2.78. The molecule has 0 aliphatic carbocycles. The lowest BCUT2D eigenvalue weighted by Gasteiger charge is -2.02. The fourth-order valence-corrected chi connectivity index (χ4v) is 1.31. The maximum atomic E-state index is 13.2. The fourth-order valence-electron chi connectivity index (χ4n) is 1.31. The lowest BCUT2D eigenvalue weighted by atomic mass is 10.1. The van der Waals surface area contributed by atoms with Gasteiger partial charge in [0.2, 0.25) is 5.95 Å². The molecular weight excluding hydrogens is 169 g/mol. The van der Waals surface area contributed by atoms with Crippen molar-refractivity contribution in [2.45, 2.75) is 0 Å². The average Bonchev–Trinajstić information content (AvgIpc) is 2.02. The number of rotatable bonds is 0. The normalized spacial score (nSPS) is 10.5. The molecule has 13 heavy (non-hydrogen) atoms. The lowest BCUT2D eigenvalue weighted by Crippen LogP contribution is -1.96. The van der Waals surface area contributed by atoms with Gasteiger partial charge in [0, 0.05) is 5.69 Å². The molecule has 0 spiro atoms. The predicted molar refractivity (Wildman–Crippen MR) is 50.5 cm³/mol. The number of nitrogens with two attached hydrogens (primary N) is 2. The van der Waals surface area contributed by atoms with Crippen molar-refractivity contribution in [1.29, 1.82) is 0 Å². The summed E-state index contributed by atoms with van der Waals surface area (Å²) in [5.74, 6) is -0.455. The van der Waals surface area contributed by atoms with Crippen LogP contribution in [-0.4, -0.2) is 4.98 Å². The first-order valence-electron chi connectivity index (χ1n) is 3.78. The number of anilines is 2. The predicted octanol–water partition coefficient (Wildman–Crippen LogP) is 1.54. The van der Waals surface area contributed by atoms with Crippen LogP contribution in [0.2, 0.25) is 0 Å². The Morgan fingerprint density at radius 2 is 2.00 bits per heavy atom. The number of halogens is 1. The van der Waals surface area contributed by atoms with Gasteiger partial charge in [0.15, 0.2) is 0 Å². The van der Waals surface area contributed by atoms with E-state index in [4.69, 9.17) is 11.5 Å². The van der Waals surface area contributed by atoms with Gasteiger partial charge in [-0.15, -0.1) is 0 Å². The van der Waals surface area contributed by atoms with E-state index in [1.807, 2.05) is 0 Å². The van der Waals surface area contributed by atoms with Crippen LogP contribution in [0.5, 0.6) is 0 Å². The molecule has 0 saturated carbocycles. The Morgan fingerprint density at radius 3 is 2.77 bits per heavy atom. The van der Waals surface area contributed by atoms with Crippen LogP contribution < -0.4 is 11.5 Å². The first kappa shape index (κ1) is 7.79. The number of hydrogen-bond acceptors (Lipinski definition) is 3. The van der Waals surface area contributed by atoms with Gasteiger partial charge in [0.25, 0.3) is 0 Å². The smallest absolute Gasteiger partial charge is 0.224 e. The van der Waals surface area contributed by atoms with Crippen LogP contribution in [0, 0.1) is 5.95 Å². The Labute approximate surface area is 74.2 Å². The van der Waals surface area contributed by atoms with Crippen LogP contribution in [-0.2, 0) is 0 Å². The second kappa shape index (κ2) is 2.58. The van der Waals surface area contributed by atoms with Crippen molar-refractivity contribution in [2.24, 2.45) is 0 Å². The molecule has 4 heteroatoms. The molecule has 0 bridgehead atoms. The molecule has 0 saturated heterocycles. The minimum Gasteiger partial charge on any atom is -0.398 e. The second-order valence-electron chi connectivity index (χ2n) is 2.78. The summed E-state index contributed by atoms with van der Waals surface area (Å²) in [5.41, 5.74) is 11.3. The van der Waals surface area contributed by atoms with Gasteiger partial charge in [-0.25, -0.2) is 4.98 Å². The van der Waals surface area contributed by atoms with Crippen molar-refractivity contribution in [1.82, 2.24) is 4.98 Å². The summed E-state index contributed by atoms with van der Waals surface area (Å²) in [4.78, 5) is 3.49. The van der Waals surface area contributed by atoms with Gasteiger partial charge in [-0.3, -0.25) is 0 Å². The van der Waals surface area contributed by atoms with E-state index in [1.54, 1.807) is 24.3 Å². The Morgan fingerprint density at radius 1 is 1.23 bits per heavy atom. The highest BCUT2D eigenvalue weighted by molar-refractivity contribution is 5.93. The van der Waals surface area contributed by atoms with Gasteiger partial charge >= 0.3 is 0 Å². The minimum atomic E-state index is -0.617. The summed E-state index contributed by atoms with van der Waals surface area (Å²) in [6.45, 7) is 0. The lowest BCUT2D eigenvalue weighted by molar-refractivity contribution is 0.599. The monoisotopic (exact) mass is 177 g/mol. The van der Waals surface area contributed by atoms with Crippen molar-refractivity contribution in [2.75, 3.05) is 11.5 Å². The molecule has 0 radical (unpaired) electrons. The summed E-state index contributed by atoms with van der Waals surface area (Å²) >= 11 is 0. The van der Waals surface area contributed by atoms with E-state index in [-0.39, 0.29) is 5.82 Å². The molecule has 0 aliphatic heterocycles. The highest BCUT2D eigenvalue weighted by atomic mass is 19.1. The zero-order valence-electron chi connectivity index (χ0n) is 6.79. The van der Waals surface area contributed by atoms with Gasteiger partial charge in [0.05, 0.1) is 5.39 Å². The van der Waals surface area contributed by atoms with Crippen LogP contribution in [0.15, 0.2) is 24.3 Å². The molecule has 66 valence electrons. The summed E-state index contributed by atoms with van der Waals surface area (Å²) in [6.07, 6.45) is 0. The number of nitrogen functional groups attached to an aromatic ring is 2. The summed E-state index contributed by atoms with van der Waals surface area (Å²) < 4.78 is 13.2. The highest BCUT2D eigenvalue weighted by Crippen LogP contribution is 2.23. The van der Waals surface area contributed by atoms with E-state index in [0.717, 1.165) is 0 Å². The topological polar surface area (TPSA) is 64.9 Å². The molecule has 2 rings (SSSR count). The van der Waals surface area contributed by atoms with Crippen molar-refractivity contribution in [3.8, 4) is 0 Å². The maximum absolute atomic E-state index is 13.2. The molecule has 4 N–H and O–H groups in total. The van der Waals surface area contributed by atoms with Crippen LogP contribution in [0.25, 0.3) is 10.8 Å². The summed E-state index contributed by atoms with van der Waals surface area (Å²) in [5, 5.41) is 1.00. The van der Waals surface area contributed by atoms with Gasteiger partial charge in [-0.2, -0.15) is 4.39 Å². The molecule has 1 heterocycles. The molecular formula is C9H8FN3. The molecule has 3 nitrogen and oxygen atoms in total. The van der Waals surface area contributed by atoms with Crippen molar-refractivity contribution < 1.29 is 4.39 Å². The maximum Gasteiger partial charge on any atom is 0.224 e. The van der Waals surface area contributed by atoms with Crippen molar-refractivity contribution >= 4 is 22.3 Å². The molecule has 0 amide bonds. The molecule has 1 aromatic heterocycles. The van der Waals surface area contributed by atoms with Crippen LogP contribution in [0.1, 0.15) is 0 Å². The third kappa shape index (κ3) is 1.16. The van der Waals surface area contributed by atoms with Gasteiger partial charge in [-0.05, 0) is 17.5 Å². The van der Waals surface area contributed by atoms with Crippen LogP contribution >= 0.6 is 0 Å². The largest absolute Gasteiger partial charge is 0.398 e. The first-order valence-corrected chi connectivity index (χ1v) is 3.78. The number of nitrogens with zero attached hydrogens (tertiary/aromatic N) is 1. The fraction of sp³-hybridized carbons (Fsp3) is 0. The number of benzene rings is 1. The van der Waals surface area contributed by atoms with Crippen molar-refractivity contribution in [3.05, 3.63) is 30.2 Å². The van der Waals surface area contributed by atoms with Gasteiger partial charge in [0.1, 0.15) is 5.82 Å². The van der Waals surface area contributed by atoms with E-state index in [2.05, 4.69) is 4.98 Å². The van der Waals surface area contributed by atoms with Gasteiger partial charge in [-0.1, -0.05) is 12.1 Å². The number of fused-ring (bicyclic) bond motifs is 1. The Hall–Kier alpha value is -1.84. The zero-order valence-corrected chi connectivity index (χ0v) is 6.79. The molecule has 1 aromatic carbocycles. The Kier molecular flexibility index (Phi) is 1.55. The summed E-state index contributed by atoms with van der Waals surface area (Å²) in [6, 6.07) is 6.71. The zero-order chi connectivity index (χ0) is 9.42. The third-order valence-corrected chi connectivity index (χ3v) is 1.87. The minimum absolute atomic E-state index is 0.163. The quantitative estimate of drug-likeness (QED) is 0.474. The van der Waals surface area contributed by atoms with E-state index >= 15 is 0 Å². The first-order chi connectivity index (χ1) is 6.18. The standard InChI is InChI=1S/C9H8FN3/c10-9-8-5(4-7(12)13-9)2-1-3-6(8)11/h1-4H,11H2,(H2,12,13). The summed E-state index contributed by atoms with van der Waals surface area (Å²) in [7, 11) is 0. The Balaban J connectivity index is 2.94.